The van der Waals surface area contributed by atoms with Gasteiger partial charge in [0.1, 0.15) is 4.90 Å². The van der Waals surface area contributed by atoms with E-state index in [1.54, 1.807) is 41.9 Å². The second kappa shape index (κ2) is 8.95. The SMILES string of the molecule is CN(CC(=O)Nc1ccccc1SCc1ccccc1)C1=NS(=O)(=O)c2ccccc21. The molecule has 3 aromatic carbocycles. The zero-order chi connectivity index (χ0) is 21.8. The molecule has 0 atom stereocenters. The second-order valence-electron chi connectivity index (χ2n) is 7.06. The Hall–Kier alpha value is -3.10. The molecule has 0 radical (unpaired) electrons. The fourth-order valence-corrected chi connectivity index (χ4v) is 5.49. The maximum atomic E-state index is 12.7. The smallest absolute Gasteiger partial charge is 0.285 e. The van der Waals surface area contributed by atoms with Crippen LogP contribution in [-0.2, 0) is 20.6 Å². The number of amides is 1. The van der Waals surface area contributed by atoms with Crippen LogP contribution >= 0.6 is 11.8 Å². The van der Waals surface area contributed by atoms with Gasteiger partial charge in [-0.25, -0.2) is 0 Å². The minimum atomic E-state index is -3.72. The molecule has 0 spiro atoms. The molecule has 3 aromatic rings. The number of fused-ring (bicyclic) bond motifs is 1. The standard InChI is InChI=1S/C23H21N3O3S2/c1-26(23-18-11-5-8-14-21(18)31(28,29)25-23)15-22(27)24-19-12-6-7-13-20(19)30-16-17-9-3-2-4-10-17/h2-14H,15-16H2,1H3,(H,24,27). The van der Waals surface area contributed by atoms with E-state index in [-0.39, 0.29) is 23.2 Å². The number of nitrogens with one attached hydrogen (secondary N) is 1. The highest BCUT2D eigenvalue weighted by Gasteiger charge is 2.30. The van der Waals surface area contributed by atoms with E-state index in [2.05, 4.69) is 21.8 Å². The summed E-state index contributed by atoms with van der Waals surface area (Å²) in [5.74, 6) is 0.816. The molecule has 0 aliphatic carbocycles. The van der Waals surface area contributed by atoms with Gasteiger partial charge in [0.15, 0.2) is 5.84 Å². The van der Waals surface area contributed by atoms with Crippen LogP contribution < -0.4 is 5.32 Å². The number of nitrogens with zero attached hydrogens (tertiary/aromatic N) is 2. The predicted octanol–water partition coefficient (Wildman–Crippen LogP) is 4.00. The summed E-state index contributed by atoms with van der Waals surface area (Å²) >= 11 is 1.65. The van der Waals surface area contributed by atoms with Crippen molar-refractivity contribution in [1.82, 2.24) is 4.90 Å². The van der Waals surface area contributed by atoms with Crippen molar-refractivity contribution in [3.8, 4) is 0 Å². The summed E-state index contributed by atoms with van der Waals surface area (Å²) in [4.78, 5) is 15.4. The maximum Gasteiger partial charge on any atom is 0.285 e. The Bertz CT molecular complexity index is 1240. The fraction of sp³-hybridized carbons (Fsp3) is 0.130. The van der Waals surface area contributed by atoms with Crippen LogP contribution in [0.25, 0.3) is 0 Å². The van der Waals surface area contributed by atoms with Gasteiger partial charge in [-0.2, -0.15) is 8.42 Å². The number of hydrogen-bond acceptors (Lipinski definition) is 5. The Morgan fingerprint density at radius 2 is 1.65 bits per heavy atom. The molecule has 1 aliphatic rings. The van der Waals surface area contributed by atoms with Gasteiger partial charge < -0.3 is 10.2 Å². The Morgan fingerprint density at radius 1 is 0.968 bits per heavy atom. The lowest BCUT2D eigenvalue weighted by Crippen LogP contribution is -2.35. The molecule has 4 rings (SSSR count). The van der Waals surface area contributed by atoms with Gasteiger partial charge in [-0.1, -0.05) is 54.6 Å². The largest absolute Gasteiger partial charge is 0.349 e. The topological polar surface area (TPSA) is 78.8 Å². The van der Waals surface area contributed by atoms with Gasteiger partial charge in [0.05, 0.1) is 12.2 Å². The van der Waals surface area contributed by atoms with E-state index in [0.29, 0.717) is 5.56 Å². The lowest BCUT2D eigenvalue weighted by molar-refractivity contribution is -0.116. The van der Waals surface area contributed by atoms with E-state index < -0.39 is 10.0 Å². The molecule has 1 N–H and O–H groups in total. The number of sulfonamides is 1. The van der Waals surface area contributed by atoms with Crippen LogP contribution in [0.15, 0.2) is 93.1 Å². The van der Waals surface area contributed by atoms with Gasteiger partial charge in [0.2, 0.25) is 5.91 Å². The summed E-state index contributed by atoms with van der Waals surface area (Å²) in [5.41, 5.74) is 2.44. The van der Waals surface area contributed by atoms with E-state index >= 15 is 0 Å². The number of hydrogen-bond donors (Lipinski definition) is 1. The lowest BCUT2D eigenvalue weighted by Gasteiger charge is -2.19. The van der Waals surface area contributed by atoms with E-state index in [9.17, 15) is 13.2 Å². The molecular formula is C23H21N3O3S2. The van der Waals surface area contributed by atoms with Crippen molar-refractivity contribution in [2.75, 3.05) is 18.9 Å². The molecule has 0 unspecified atom stereocenters. The Labute approximate surface area is 186 Å². The predicted molar refractivity (Wildman–Crippen MR) is 124 cm³/mol. The highest BCUT2D eigenvalue weighted by atomic mass is 32.2. The number of para-hydroxylation sites is 1. The molecule has 0 saturated carbocycles. The molecule has 1 amide bonds. The first-order valence-corrected chi connectivity index (χ1v) is 12.1. The molecule has 0 fully saturated rings. The quantitative estimate of drug-likeness (QED) is 0.573. The van der Waals surface area contributed by atoms with Gasteiger partial charge >= 0.3 is 0 Å². The summed E-state index contributed by atoms with van der Waals surface area (Å²) < 4.78 is 28.4. The molecule has 6 nitrogen and oxygen atoms in total. The van der Waals surface area contributed by atoms with Crippen LogP contribution in [0.2, 0.25) is 0 Å². The molecular weight excluding hydrogens is 430 g/mol. The highest BCUT2D eigenvalue weighted by Crippen LogP contribution is 2.30. The average Bonchev–Trinajstić information content (AvgIpc) is 3.05. The van der Waals surface area contributed by atoms with Gasteiger partial charge in [0.25, 0.3) is 10.0 Å². The molecule has 8 heteroatoms. The van der Waals surface area contributed by atoms with E-state index in [4.69, 9.17) is 0 Å². The number of anilines is 1. The van der Waals surface area contributed by atoms with Crippen LogP contribution in [0, 0.1) is 0 Å². The average molecular weight is 452 g/mol. The first-order valence-electron chi connectivity index (χ1n) is 9.65. The maximum absolute atomic E-state index is 12.7. The first-order chi connectivity index (χ1) is 14.9. The molecule has 31 heavy (non-hydrogen) atoms. The normalized spacial score (nSPS) is 13.9. The molecule has 0 saturated heterocycles. The van der Waals surface area contributed by atoms with Crippen LogP contribution in [-0.4, -0.2) is 38.7 Å². The zero-order valence-electron chi connectivity index (χ0n) is 16.9. The van der Waals surface area contributed by atoms with Crippen LogP contribution in [0.4, 0.5) is 5.69 Å². The third kappa shape index (κ3) is 4.81. The Balaban J connectivity index is 1.44. The summed E-state index contributed by atoms with van der Waals surface area (Å²) in [6.45, 7) is -0.0274. The van der Waals surface area contributed by atoms with Gasteiger partial charge in [-0.05, 0) is 29.8 Å². The van der Waals surface area contributed by atoms with Crippen molar-refractivity contribution in [3.63, 3.8) is 0 Å². The number of benzene rings is 3. The van der Waals surface area contributed by atoms with Crippen molar-refractivity contribution < 1.29 is 13.2 Å². The fourth-order valence-electron chi connectivity index (χ4n) is 3.27. The monoisotopic (exact) mass is 451 g/mol. The third-order valence-electron chi connectivity index (χ3n) is 4.75. The molecule has 0 bridgehead atoms. The van der Waals surface area contributed by atoms with Crippen molar-refractivity contribution in [2.45, 2.75) is 15.5 Å². The van der Waals surface area contributed by atoms with Crippen LogP contribution in [0.1, 0.15) is 11.1 Å². The van der Waals surface area contributed by atoms with Crippen LogP contribution in [0.3, 0.4) is 0 Å². The number of likely N-dealkylation sites (N-methyl/N-ethyl adjacent to an activating group) is 1. The van der Waals surface area contributed by atoms with Crippen molar-refractivity contribution in [1.29, 1.82) is 0 Å². The lowest BCUT2D eigenvalue weighted by atomic mass is 10.2. The van der Waals surface area contributed by atoms with Gasteiger partial charge in [0, 0.05) is 23.3 Å². The van der Waals surface area contributed by atoms with E-state index in [1.165, 1.54) is 11.6 Å². The van der Waals surface area contributed by atoms with E-state index in [1.807, 2.05) is 42.5 Å². The number of carbonyl (C=O) groups is 1. The minimum Gasteiger partial charge on any atom is -0.349 e. The summed E-state index contributed by atoms with van der Waals surface area (Å²) in [5, 5.41) is 2.94. The highest BCUT2D eigenvalue weighted by molar-refractivity contribution is 7.98. The Morgan fingerprint density at radius 3 is 2.45 bits per heavy atom. The van der Waals surface area contributed by atoms with Crippen molar-refractivity contribution >= 4 is 39.2 Å². The number of rotatable bonds is 6. The van der Waals surface area contributed by atoms with Gasteiger partial charge in [-0.3, -0.25) is 4.79 Å². The van der Waals surface area contributed by atoms with Gasteiger partial charge in [-0.15, -0.1) is 16.2 Å². The first kappa shape index (κ1) is 21.1. The molecule has 1 aliphatic heterocycles. The minimum absolute atomic E-state index is 0.0274. The number of amidine groups is 1. The number of carbonyl (C=O) groups excluding carboxylic acids is 1. The van der Waals surface area contributed by atoms with Crippen LogP contribution in [0.5, 0.6) is 0 Å². The molecule has 1 heterocycles. The number of thioether (sulfide) groups is 1. The van der Waals surface area contributed by atoms with Crippen molar-refractivity contribution in [3.05, 3.63) is 90.0 Å². The third-order valence-corrected chi connectivity index (χ3v) is 7.22. The summed E-state index contributed by atoms with van der Waals surface area (Å²) in [6, 6.07) is 24.4. The van der Waals surface area contributed by atoms with E-state index in [0.717, 1.165) is 16.3 Å². The molecule has 0 aromatic heterocycles. The summed E-state index contributed by atoms with van der Waals surface area (Å²) in [6.07, 6.45) is 0. The molecule has 158 valence electrons. The summed E-state index contributed by atoms with van der Waals surface area (Å²) in [7, 11) is -2.06. The second-order valence-corrected chi connectivity index (χ2v) is 9.65. The zero-order valence-corrected chi connectivity index (χ0v) is 18.5. The Kier molecular flexibility index (Phi) is 6.11. The van der Waals surface area contributed by atoms with Crippen molar-refractivity contribution in [2.24, 2.45) is 4.40 Å².